The van der Waals surface area contributed by atoms with Gasteiger partial charge in [-0.15, -0.1) is 0 Å². The number of nitrogens with two attached hydrogens (primary N) is 1. The summed E-state index contributed by atoms with van der Waals surface area (Å²) in [6.45, 7) is -0.771. The van der Waals surface area contributed by atoms with Gasteiger partial charge in [-0.1, -0.05) is 5.11 Å². The summed E-state index contributed by atoms with van der Waals surface area (Å²) in [5.74, 6) is -0.0784. The number of aliphatic hydroxyl groups excluding tert-OH is 2. The van der Waals surface area contributed by atoms with Crippen molar-refractivity contribution in [2.24, 2.45) is 5.11 Å². The molecule has 3 rings (SSSR count). The largest absolute Gasteiger partial charge is 0.393 e. The second-order valence-corrected chi connectivity index (χ2v) is 5.21. The molecule has 0 amide bonds. The number of aromatic amines is 1. The van der Waals surface area contributed by atoms with Crippen molar-refractivity contribution in [2.75, 3.05) is 18.9 Å². The summed E-state index contributed by atoms with van der Waals surface area (Å²) in [7, 11) is 0. The fraction of sp³-hybridized carbons (Fsp3) is 0.545. The second-order valence-electron chi connectivity index (χ2n) is 5.21. The molecule has 2 aromatic rings. The van der Waals surface area contributed by atoms with E-state index < -0.39 is 30.1 Å². The first-order valence-corrected chi connectivity index (χ1v) is 6.70. The first-order chi connectivity index (χ1) is 11.0. The zero-order valence-electron chi connectivity index (χ0n) is 11.8. The van der Waals surface area contributed by atoms with Crippen LogP contribution in [0.1, 0.15) is 12.6 Å². The molecule has 0 spiro atoms. The molecule has 12 nitrogen and oxygen atoms in total. The molecule has 0 aliphatic carbocycles. The first kappa shape index (κ1) is 15.2. The third-order valence-corrected chi connectivity index (χ3v) is 3.83. The van der Waals surface area contributed by atoms with E-state index in [0.29, 0.717) is 0 Å². The maximum Gasteiger partial charge on any atom is 0.280 e. The normalized spacial score (nSPS) is 27.2. The van der Waals surface area contributed by atoms with Gasteiger partial charge in [0.25, 0.3) is 5.56 Å². The Kier molecular flexibility index (Phi) is 3.66. The van der Waals surface area contributed by atoms with E-state index in [2.05, 4.69) is 25.0 Å². The van der Waals surface area contributed by atoms with E-state index in [4.69, 9.17) is 16.0 Å². The summed E-state index contributed by atoms with van der Waals surface area (Å²) in [5.41, 5.74) is 12.3. The van der Waals surface area contributed by atoms with Crippen molar-refractivity contribution in [2.45, 2.75) is 24.4 Å². The molecule has 2 aromatic heterocycles. The Balaban J connectivity index is 2.01. The first-order valence-electron chi connectivity index (χ1n) is 6.70. The number of hydrogen-bond acceptors (Lipinski definition) is 8. The number of nitrogens with one attached hydrogen (secondary N) is 1. The summed E-state index contributed by atoms with van der Waals surface area (Å²) in [5, 5.41) is 23.1. The lowest BCUT2D eigenvalue weighted by molar-refractivity contribution is -0.120. The van der Waals surface area contributed by atoms with E-state index in [9.17, 15) is 15.0 Å². The molecular weight excluding hydrogens is 308 g/mol. The molecule has 122 valence electrons. The monoisotopic (exact) mass is 322 g/mol. The topological polar surface area (TPSA) is 188 Å². The van der Waals surface area contributed by atoms with Crippen molar-refractivity contribution in [1.29, 1.82) is 0 Å². The van der Waals surface area contributed by atoms with Gasteiger partial charge in [0.15, 0.2) is 11.2 Å². The van der Waals surface area contributed by atoms with Crippen LogP contribution in [-0.2, 0) is 4.74 Å². The quantitative estimate of drug-likeness (QED) is 0.316. The molecule has 1 aliphatic heterocycles. The number of aromatic nitrogens is 4. The lowest BCUT2D eigenvalue weighted by Gasteiger charge is -2.28. The zero-order chi connectivity index (χ0) is 16.6. The van der Waals surface area contributed by atoms with Gasteiger partial charge >= 0.3 is 0 Å². The van der Waals surface area contributed by atoms with Gasteiger partial charge in [-0.25, -0.2) is 4.98 Å². The van der Waals surface area contributed by atoms with Crippen LogP contribution in [0.2, 0.25) is 0 Å². The van der Waals surface area contributed by atoms with Crippen LogP contribution in [0.3, 0.4) is 0 Å². The Labute approximate surface area is 128 Å². The summed E-state index contributed by atoms with van der Waals surface area (Å²) in [6, 6.07) is 0. The van der Waals surface area contributed by atoms with Crippen LogP contribution < -0.4 is 11.3 Å². The summed E-state index contributed by atoms with van der Waals surface area (Å²) >= 11 is 0. The summed E-state index contributed by atoms with van der Waals surface area (Å²) < 4.78 is 7.15. The number of azide groups is 1. The number of aliphatic hydroxyl groups is 2. The van der Waals surface area contributed by atoms with E-state index in [1.54, 1.807) is 0 Å². The Bertz CT molecular complexity index is 840. The number of nitrogens with zero attached hydrogens (tertiary/aromatic N) is 6. The van der Waals surface area contributed by atoms with Crippen molar-refractivity contribution >= 4 is 17.1 Å². The van der Waals surface area contributed by atoms with Gasteiger partial charge < -0.3 is 20.7 Å². The third kappa shape index (κ3) is 2.39. The highest BCUT2D eigenvalue weighted by atomic mass is 16.6. The van der Waals surface area contributed by atoms with Gasteiger partial charge in [0, 0.05) is 11.3 Å². The number of nitrogen functional groups attached to an aromatic ring is 1. The molecule has 12 heteroatoms. The molecule has 0 radical (unpaired) electrons. The number of H-pyrrole nitrogens is 1. The van der Waals surface area contributed by atoms with Crippen LogP contribution >= 0.6 is 0 Å². The maximum absolute atomic E-state index is 11.8. The predicted octanol–water partition coefficient (Wildman–Crippen LogP) is -0.977. The van der Waals surface area contributed by atoms with Crippen LogP contribution in [0.5, 0.6) is 0 Å². The molecule has 23 heavy (non-hydrogen) atoms. The molecule has 0 saturated carbocycles. The van der Waals surface area contributed by atoms with Crippen molar-refractivity contribution in [3.8, 4) is 0 Å². The Morgan fingerprint density at radius 1 is 1.70 bits per heavy atom. The van der Waals surface area contributed by atoms with Crippen molar-refractivity contribution in [3.63, 3.8) is 0 Å². The number of rotatable bonds is 4. The average Bonchev–Trinajstić information content (AvgIpc) is 3.07. The smallest absolute Gasteiger partial charge is 0.280 e. The number of ether oxygens (including phenoxy) is 1. The number of hydrogen-bond donors (Lipinski definition) is 4. The summed E-state index contributed by atoms with van der Waals surface area (Å²) in [6.07, 6.45) is -0.379. The minimum Gasteiger partial charge on any atom is -0.393 e. The van der Waals surface area contributed by atoms with E-state index in [1.807, 2.05) is 0 Å². The van der Waals surface area contributed by atoms with Crippen LogP contribution in [-0.4, -0.2) is 54.6 Å². The zero-order valence-corrected chi connectivity index (χ0v) is 11.8. The summed E-state index contributed by atoms with van der Waals surface area (Å²) in [4.78, 5) is 24.7. The number of fused-ring (bicyclic) bond motifs is 1. The minimum atomic E-state index is -1.42. The second kappa shape index (κ2) is 5.52. The van der Waals surface area contributed by atoms with Gasteiger partial charge in [-0.2, -0.15) is 4.98 Å². The highest BCUT2D eigenvalue weighted by Gasteiger charge is 2.48. The van der Waals surface area contributed by atoms with Crippen molar-refractivity contribution < 1.29 is 14.9 Å². The molecule has 0 unspecified atom stereocenters. The maximum atomic E-state index is 11.8. The molecule has 0 aromatic carbocycles. The highest BCUT2D eigenvalue weighted by Crippen LogP contribution is 2.37. The lowest BCUT2D eigenvalue weighted by atomic mass is 9.98. The van der Waals surface area contributed by atoms with Crippen molar-refractivity contribution in [3.05, 3.63) is 27.1 Å². The van der Waals surface area contributed by atoms with Gasteiger partial charge in [0.2, 0.25) is 5.95 Å². The molecule has 0 bridgehead atoms. The molecule has 1 saturated heterocycles. The van der Waals surface area contributed by atoms with E-state index in [-0.39, 0.29) is 30.1 Å². The molecule has 3 heterocycles. The van der Waals surface area contributed by atoms with Gasteiger partial charge in [-0.3, -0.25) is 14.3 Å². The Hall–Kier alpha value is -2.66. The van der Waals surface area contributed by atoms with Crippen molar-refractivity contribution in [1.82, 2.24) is 19.5 Å². The Morgan fingerprint density at radius 2 is 2.48 bits per heavy atom. The van der Waals surface area contributed by atoms with Crippen LogP contribution in [0, 0.1) is 0 Å². The molecule has 3 atom stereocenters. The van der Waals surface area contributed by atoms with Crippen LogP contribution in [0.4, 0.5) is 5.95 Å². The lowest BCUT2D eigenvalue weighted by Crippen LogP contribution is -2.46. The molecular formula is C11H14N8O4. The SMILES string of the molecule is [N-]=[N+]=NC[C@]1(CO)O[C@@H](n2cnc3c(=O)[nH]c(N)nc32)C[C@@H]1O. The van der Waals surface area contributed by atoms with E-state index >= 15 is 0 Å². The standard InChI is InChI=1S/C11H14N8O4/c12-10-16-8-7(9(22)17-10)14-4-19(8)6-1-5(21)11(3-20,23-6)2-15-18-13/h4-6,20-21H,1-3H2,(H3,12,16,17,22)/t5-,6+,11+/m0/s1. The minimum absolute atomic E-state index is 0.0776. The Morgan fingerprint density at radius 3 is 3.17 bits per heavy atom. The van der Waals surface area contributed by atoms with Crippen LogP contribution in [0.15, 0.2) is 16.2 Å². The number of anilines is 1. The molecule has 1 aliphatic rings. The van der Waals surface area contributed by atoms with Gasteiger partial charge in [-0.05, 0) is 5.53 Å². The number of imidazole rings is 1. The van der Waals surface area contributed by atoms with Gasteiger partial charge in [0.1, 0.15) is 11.8 Å². The van der Waals surface area contributed by atoms with E-state index in [0.717, 1.165) is 0 Å². The van der Waals surface area contributed by atoms with Gasteiger partial charge in [0.05, 0.1) is 25.6 Å². The molecule has 5 N–H and O–H groups in total. The fourth-order valence-electron chi connectivity index (χ4n) is 2.61. The molecule has 1 fully saturated rings. The third-order valence-electron chi connectivity index (χ3n) is 3.83. The average molecular weight is 322 g/mol. The highest BCUT2D eigenvalue weighted by molar-refractivity contribution is 5.70. The predicted molar refractivity (Wildman–Crippen MR) is 77.1 cm³/mol. The fourth-order valence-corrected chi connectivity index (χ4v) is 2.61. The van der Waals surface area contributed by atoms with E-state index in [1.165, 1.54) is 10.9 Å². The van der Waals surface area contributed by atoms with Crippen LogP contribution in [0.25, 0.3) is 21.6 Å².